The molecule has 10 atom stereocenters. The highest BCUT2D eigenvalue weighted by Gasteiger charge is 2.45. The zero-order valence-corrected chi connectivity index (χ0v) is 15.9. The third-order valence-electron chi connectivity index (χ3n) is 6.42. The molecule has 0 spiro atoms. The Bertz CT molecular complexity index is 372. The van der Waals surface area contributed by atoms with E-state index in [1.54, 1.807) is 0 Å². The van der Waals surface area contributed by atoms with Gasteiger partial charge in [-0.2, -0.15) is 0 Å². The Balaban J connectivity index is 2.08. The smallest absolute Gasteiger partial charge is 0.184 e. The highest BCUT2D eigenvalue weighted by Crippen LogP contribution is 2.38. The summed E-state index contributed by atoms with van der Waals surface area (Å²) in [6.07, 6.45) is 1.27. The Hall–Kier alpha value is -0.160. The molecule has 0 aromatic carbocycles. The van der Waals surface area contributed by atoms with Crippen LogP contribution in [0.2, 0.25) is 0 Å². The first kappa shape index (κ1) is 19.2. The van der Waals surface area contributed by atoms with Gasteiger partial charge in [-0.3, -0.25) is 0 Å². The first-order valence-electron chi connectivity index (χ1n) is 9.46. The van der Waals surface area contributed by atoms with Crippen LogP contribution in [0, 0.1) is 23.7 Å². The maximum Gasteiger partial charge on any atom is 0.184 e. The van der Waals surface area contributed by atoms with E-state index in [9.17, 15) is 5.11 Å². The summed E-state index contributed by atoms with van der Waals surface area (Å²) in [5.41, 5.74) is 0. The van der Waals surface area contributed by atoms with Gasteiger partial charge in [-0.05, 0) is 43.4 Å². The number of rotatable bonds is 4. The second-order valence-corrected chi connectivity index (χ2v) is 7.77. The SMILES string of the molecule is CCC1OC(OC2C(C)OC(CC)C(C)C2C)C(O)C(C)C1C. The van der Waals surface area contributed by atoms with Crippen molar-refractivity contribution in [3.05, 3.63) is 0 Å². The minimum Gasteiger partial charge on any atom is -0.388 e. The maximum atomic E-state index is 10.6. The van der Waals surface area contributed by atoms with E-state index in [2.05, 4.69) is 48.5 Å². The summed E-state index contributed by atoms with van der Waals surface area (Å²) in [6.45, 7) is 15.1. The van der Waals surface area contributed by atoms with Crippen molar-refractivity contribution in [1.82, 2.24) is 0 Å². The third-order valence-corrected chi connectivity index (χ3v) is 6.42. The lowest BCUT2D eigenvalue weighted by atomic mass is 9.80. The van der Waals surface area contributed by atoms with Crippen molar-refractivity contribution in [1.29, 1.82) is 0 Å². The molecule has 0 amide bonds. The second kappa shape index (κ2) is 7.81. The summed E-state index contributed by atoms with van der Waals surface area (Å²) in [5, 5.41) is 10.6. The fourth-order valence-electron chi connectivity index (χ4n) is 4.25. The van der Waals surface area contributed by atoms with Crippen molar-refractivity contribution in [2.75, 3.05) is 0 Å². The minimum atomic E-state index is -0.577. The standard InChI is InChI=1S/C19H36O4/c1-8-15-11(4)13(6)18(14(7)21-15)23-19-17(20)12(5)10(3)16(9-2)22-19/h10-20H,8-9H2,1-7H3. The predicted octanol–water partition coefficient (Wildman–Crippen LogP) is 3.61. The van der Waals surface area contributed by atoms with Gasteiger partial charge < -0.3 is 19.3 Å². The van der Waals surface area contributed by atoms with E-state index < -0.39 is 12.4 Å². The van der Waals surface area contributed by atoms with Gasteiger partial charge >= 0.3 is 0 Å². The summed E-state index contributed by atoms with van der Waals surface area (Å²) in [4.78, 5) is 0. The predicted molar refractivity (Wildman–Crippen MR) is 91.1 cm³/mol. The van der Waals surface area contributed by atoms with Crippen LogP contribution in [0.15, 0.2) is 0 Å². The Morgan fingerprint density at radius 3 is 1.87 bits per heavy atom. The fourth-order valence-corrected chi connectivity index (χ4v) is 4.25. The topological polar surface area (TPSA) is 47.9 Å². The molecule has 0 saturated carbocycles. The zero-order chi connectivity index (χ0) is 17.3. The molecule has 0 radical (unpaired) electrons. The first-order chi connectivity index (χ1) is 10.8. The van der Waals surface area contributed by atoms with E-state index in [1.807, 2.05) is 0 Å². The van der Waals surface area contributed by atoms with Crippen LogP contribution < -0.4 is 0 Å². The quantitative estimate of drug-likeness (QED) is 0.856. The van der Waals surface area contributed by atoms with Crippen molar-refractivity contribution in [2.45, 2.75) is 98.1 Å². The highest BCUT2D eigenvalue weighted by atomic mass is 16.7. The van der Waals surface area contributed by atoms with Crippen molar-refractivity contribution in [2.24, 2.45) is 23.7 Å². The number of hydrogen-bond donors (Lipinski definition) is 1. The molecular weight excluding hydrogens is 292 g/mol. The lowest BCUT2D eigenvalue weighted by Gasteiger charge is -2.48. The van der Waals surface area contributed by atoms with Gasteiger partial charge in [-0.15, -0.1) is 0 Å². The average Bonchev–Trinajstić information content (AvgIpc) is 2.54. The van der Waals surface area contributed by atoms with Gasteiger partial charge in [0.05, 0.1) is 24.4 Å². The fraction of sp³-hybridized carbons (Fsp3) is 1.00. The van der Waals surface area contributed by atoms with Crippen LogP contribution in [0.5, 0.6) is 0 Å². The molecule has 2 heterocycles. The van der Waals surface area contributed by atoms with Gasteiger partial charge in [0.2, 0.25) is 0 Å². The van der Waals surface area contributed by atoms with Crippen LogP contribution in [-0.4, -0.2) is 41.9 Å². The molecule has 0 aromatic heterocycles. The van der Waals surface area contributed by atoms with E-state index in [4.69, 9.17) is 14.2 Å². The number of aliphatic hydroxyl groups excluding tert-OH is 1. The minimum absolute atomic E-state index is 0.0247. The Kier molecular flexibility index (Phi) is 6.51. The van der Waals surface area contributed by atoms with Crippen LogP contribution in [0.4, 0.5) is 0 Å². The van der Waals surface area contributed by atoms with Gasteiger partial charge in [-0.25, -0.2) is 0 Å². The summed E-state index contributed by atoms with van der Waals surface area (Å²) >= 11 is 0. The molecule has 2 saturated heterocycles. The molecule has 1 N–H and O–H groups in total. The summed E-state index contributed by atoms with van der Waals surface area (Å²) in [6, 6.07) is 0. The molecule has 136 valence electrons. The second-order valence-electron chi connectivity index (χ2n) is 7.77. The van der Waals surface area contributed by atoms with E-state index in [-0.39, 0.29) is 24.2 Å². The number of aliphatic hydroxyl groups is 1. The zero-order valence-electron chi connectivity index (χ0n) is 15.9. The monoisotopic (exact) mass is 328 g/mol. The summed E-state index contributed by atoms with van der Waals surface area (Å²) in [7, 11) is 0. The molecule has 0 aliphatic carbocycles. The van der Waals surface area contributed by atoms with Gasteiger partial charge in [-0.1, -0.05) is 41.5 Å². The van der Waals surface area contributed by atoms with Crippen molar-refractivity contribution in [3.8, 4) is 0 Å². The average molecular weight is 328 g/mol. The third kappa shape index (κ3) is 3.76. The van der Waals surface area contributed by atoms with E-state index >= 15 is 0 Å². The van der Waals surface area contributed by atoms with Crippen LogP contribution >= 0.6 is 0 Å². The van der Waals surface area contributed by atoms with E-state index in [0.29, 0.717) is 23.9 Å². The molecule has 4 heteroatoms. The Morgan fingerprint density at radius 1 is 0.783 bits per heavy atom. The highest BCUT2D eigenvalue weighted by molar-refractivity contribution is 4.89. The molecule has 2 rings (SSSR count). The van der Waals surface area contributed by atoms with Gasteiger partial charge in [0, 0.05) is 0 Å². The van der Waals surface area contributed by atoms with Crippen molar-refractivity contribution >= 4 is 0 Å². The molecule has 10 unspecified atom stereocenters. The summed E-state index contributed by atoms with van der Waals surface area (Å²) < 4.78 is 18.5. The molecule has 4 nitrogen and oxygen atoms in total. The summed E-state index contributed by atoms with van der Waals surface area (Å²) in [5.74, 6) is 1.35. The van der Waals surface area contributed by atoms with Gasteiger partial charge in [0.15, 0.2) is 6.29 Å². The Labute approximate surface area is 141 Å². The van der Waals surface area contributed by atoms with Gasteiger partial charge in [0.25, 0.3) is 0 Å². The molecule has 23 heavy (non-hydrogen) atoms. The molecule has 2 aliphatic rings. The van der Waals surface area contributed by atoms with E-state index in [1.165, 1.54) is 0 Å². The number of ether oxygens (including phenoxy) is 3. The maximum absolute atomic E-state index is 10.6. The molecular formula is C19H36O4. The lowest BCUT2D eigenvalue weighted by molar-refractivity contribution is -0.312. The van der Waals surface area contributed by atoms with Crippen LogP contribution in [0.1, 0.15) is 61.3 Å². The lowest BCUT2D eigenvalue weighted by Crippen LogP contribution is -2.55. The van der Waals surface area contributed by atoms with Crippen LogP contribution in [0.3, 0.4) is 0 Å². The normalized spacial score (nSPS) is 51.7. The first-order valence-corrected chi connectivity index (χ1v) is 9.46. The number of hydrogen-bond acceptors (Lipinski definition) is 4. The van der Waals surface area contributed by atoms with Crippen LogP contribution in [-0.2, 0) is 14.2 Å². The Morgan fingerprint density at radius 2 is 1.30 bits per heavy atom. The van der Waals surface area contributed by atoms with Crippen LogP contribution in [0.25, 0.3) is 0 Å². The van der Waals surface area contributed by atoms with Crippen molar-refractivity contribution in [3.63, 3.8) is 0 Å². The molecule has 0 bridgehead atoms. The van der Waals surface area contributed by atoms with Gasteiger partial charge in [0.1, 0.15) is 6.10 Å². The molecule has 2 fully saturated rings. The van der Waals surface area contributed by atoms with E-state index in [0.717, 1.165) is 12.8 Å². The molecule has 2 aliphatic heterocycles. The van der Waals surface area contributed by atoms with Crippen molar-refractivity contribution < 1.29 is 19.3 Å². The molecule has 0 aromatic rings. The largest absolute Gasteiger partial charge is 0.388 e.